The first-order chi connectivity index (χ1) is 27.1. The monoisotopic (exact) mass is 804 g/mol. The van der Waals surface area contributed by atoms with Gasteiger partial charge in [-0.15, -0.1) is 0 Å². The summed E-state index contributed by atoms with van der Waals surface area (Å²) < 4.78 is 34.5. The van der Waals surface area contributed by atoms with Gasteiger partial charge in [0.2, 0.25) is 0 Å². The van der Waals surface area contributed by atoms with Gasteiger partial charge in [0.1, 0.15) is 19.3 Å². The molecule has 0 fully saturated rings. The minimum absolute atomic E-state index is 0.0117. The van der Waals surface area contributed by atoms with Crippen molar-refractivity contribution in [3.8, 4) is 0 Å². The smallest absolute Gasteiger partial charge is 0.306 e. The van der Waals surface area contributed by atoms with E-state index in [1.165, 1.54) is 44.9 Å². The summed E-state index contributed by atoms with van der Waals surface area (Å²) >= 11 is 0. The zero-order valence-corrected chi connectivity index (χ0v) is 37.2. The molecule has 0 aromatic heterocycles. The Hall–Kier alpha value is -2.32. The minimum Gasteiger partial charge on any atom is -0.756 e. The summed E-state index contributed by atoms with van der Waals surface area (Å²) in [6, 6.07) is 0. The van der Waals surface area contributed by atoms with Crippen LogP contribution in [0.1, 0.15) is 149 Å². The van der Waals surface area contributed by atoms with E-state index >= 15 is 0 Å². The number of rotatable bonds is 39. The largest absolute Gasteiger partial charge is 0.756 e. The number of unbranched alkanes of at least 4 members (excludes halogenated alkanes) is 11. The number of allylic oxidation sites excluding steroid dienone is 14. The van der Waals surface area contributed by atoms with E-state index in [1.807, 2.05) is 21.1 Å². The van der Waals surface area contributed by atoms with Crippen LogP contribution in [0.5, 0.6) is 0 Å². The molecule has 0 heterocycles. The van der Waals surface area contributed by atoms with Crippen LogP contribution >= 0.6 is 7.82 Å². The summed E-state index contributed by atoms with van der Waals surface area (Å²) in [6.07, 6.45) is 51.7. The molecule has 0 rings (SSSR count). The minimum atomic E-state index is -4.54. The van der Waals surface area contributed by atoms with Crippen LogP contribution in [0.3, 0.4) is 0 Å². The van der Waals surface area contributed by atoms with Gasteiger partial charge >= 0.3 is 5.97 Å². The number of hydrogen-bond acceptors (Lipinski definition) is 7. The maximum absolute atomic E-state index is 12.7. The Morgan fingerprint density at radius 2 is 1.04 bits per heavy atom. The van der Waals surface area contributed by atoms with Gasteiger partial charge in [0, 0.05) is 13.0 Å². The molecule has 0 saturated carbocycles. The van der Waals surface area contributed by atoms with Crippen LogP contribution in [0, 0.1) is 0 Å². The van der Waals surface area contributed by atoms with Crippen LogP contribution in [-0.2, 0) is 27.9 Å². The highest BCUT2D eigenvalue weighted by atomic mass is 31.2. The van der Waals surface area contributed by atoms with Gasteiger partial charge in [-0.05, 0) is 89.9 Å². The van der Waals surface area contributed by atoms with Gasteiger partial charge < -0.3 is 27.9 Å². The number of hydrogen-bond donors (Lipinski definition) is 0. The SMILES string of the molecule is CC/C=C\C/C=C\C/C=C\C/C=C\C/C=C\C/C=C\CCCCC(=O)OC(COCCCCCCCC/C=C\CCCCC)COP(=O)([O-])OCC[N+](C)(C)C. The number of carbonyl (C=O) groups is 1. The molecule has 0 saturated heterocycles. The molecule has 2 unspecified atom stereocenters. The second-order valence-electron chi connectivity index (χ2n) is 15.3. The molecule has 56 heavy (non-hydrogen) atoms. The van der Waals surface area contributed by atoms with Crippen LogP contribution in [0.2, 0.25) is 0 Å². The first-order valence-corrected chi connectivity index (χ1v) is 23.3. The molecule has 0 N–H and O–H groups in total. The van der Waals surface area contributed by atoms with E-state index in [1.54, 1.807) is 0 Å². The maximum Gasteiger partial charge on any atom is 0.306 e. The first-order valence-electron chi connectivity index (χ1n) is 21.8. The van der Waals surface area contributed by atoms with Crippen molar-refractivity contribution in [3.05, 3.63) is 85.1 Å². The summed E-state index contributed by atoms with van der Waals surface area (Å²) in [5.74, 6) is -0.382. The molecular weight excluding hydrogens is 721 g/mol. The topological polar surface area (TPSA) is 94.1 Å². The van der Waals surface area contributed by atoms with Gasteiger partial charge in [-0.2, -0.15) is 0 Å². The van der Waals surface area contributed by atoms with Gasteiger partial charge in [0.05, 0.1) is 34.4 Å². The number of phosphoric acid groups is 1. The maximum atomic E-state index is 12.7. The number of phosphoric ester groups is 1. The second kappa shape index (κ2) is 39.5. The molecule has 0 spiro atoms. The number of esters is 1. The van der Waals surface area contributed by atoms with E-state index in [4.69, 9.17) is 18.5 Å². The average molecular weight is 804 g/mol. The first kappa shape index (κ1) is 53.7. The number of likely N-dealkylation sites (N-methyl/N-ethyl adjacent to an activating group) is 1. The zero-order chi connectivity index (χ0) is 41.3. The predicted octanol–water partition coefficient (Wildman–Crippen LogP) is 12.2. The Kier molecular flexibility index (Phi) is 37.9. The lowest BCUT2D eigenvalue weighted by atomic mass is 10.1. The van der Waals surface area contributed by atoms with Gasteiger partial charge in [0.15, 0.2) is 0 Å². The van der Waals surface area contributed by atoms with Crippen molar-refractivity contribution < 1.29 is 37.3 Å². The van der Waals surface area contributed by atoms with Crippen molar-refractivity contribution in [2.45, 2.75) is 155 Å². The Morgan fingerprint density at radius 3 is 1.57 bits per heavy atom. The molecule has 2 atom stereocenters. The van der Waals surface area contributed by atoms with Gasteiger partial charge in [-0.1, -0.05) is 137 Å². The summed E-state index contributed by atoms with van der Waals surface area (Å²) in [5, 5.41) is 0. The summed E-state index contributed by atoms with van der Waals surface area (Å²) in [6.45, 7) is 5.17. The van der Waals surface area contributed by atoms with Crippen LogP contribution in [0.4, 0.5) is 0 Å². The third-order valence-electron chi connectivity index (χ3n) is 8.68. The standard InChI is InChI=1S/C47H82NO7P/c1-6-8-10-12-14-16-18-20-21-22-23-24-25-26-27-28-30-32-34-36-38-40-47(49)55-46(45-54-56(50,51)53-43-41-48(3,4)5)44-52-42-39-37-35-33-31-29-19-17-15-13-11-9-7-2/h8,10,14-17,20-21,23-24,26-27,30,32,46H,6-7,9,11-13,18-19,22,25,28-29,31,33-45H2,1-5H3/b10-8-,16-14-,17-15-,21-20-,24-23-,27-26-,32-30-. The second-order valence-corrected chi connectivity index (χ2v) is 16.7. The Labute approximate surface area is 344 Å². The quantitative estimate of drug-likeness (QED) is 0.0201. The summed E-state index contributed by atoms with van der Waals surface area (Å²) in [4.78, 5) is 25.0. The molecule has 9 heteroatoms. The fourth-order valence-electron chi connectivity index (χ4n) is 5.31. The van der Waals surface area contributed by atoms with E-state index in [2.05, 4.69) is 98.9 Å². The highest BCUT2D eigenvalue weighted by molar-refractivity contribution is 7.45. The molecule has 0 aliphatic carbocycles. The van der Waals surface area contributed by atoms with Crippen molar-refractivity contribution in [3.63, 3.8) is 0 Å². The summed E-state index contributed by atoms with van der Waals surface area (Å²) in [7, 11) is 1.31. The number of quaternary nitrogens is 1. The van der Waals surface area contributed by atoms with Crippen LogP contribution in [0.25, 0.3) is 0 Å². The lowest BCUT2D eigenvalue weighted by Gasteiger charge is -2.28. The van der Waals surface area contributed by atoms with E-state index in [0.29, 0.717) is 24.1 Å². The molecule has 0 bridgehead atoms. The van der Waals surface area contributed by atoms with E-state index in [-0.39, 0.29) is 32.2 Å². The fraction of sp³-hybridized carbons (Fsp3) is 0.681. The Morgan fingerprint density at radius 1 is 0.571 bits per heavy atom. The number of ether oxygens (including phenoxy) is 2. The molecule has 0 amide bonds. The van der Waals surface area contributed by atoms with Gasteiger partial charge in [0.25, 0.3) is 7.82 Å². The Bertz CT molecular complexity index is 1170. The molecule has 322 valence electrons. The van der Waals surface area contributed by atoms with Crippen molar-refractivity contribution in [2.24, 2.45) is 0 Å². The predicted molar refractivity (Wildman–Crippen MR) is 235 cm³/mol. The number of nitrogens with zero attached hydrogens (tertiary/aromatic N) is 1. The normalized spacial score (nSPS) is 14.6. The van der Waals surface area contributed by atoms with Gasteiger partial charge in [-0.25, -0.2) is 0 Å². The van der Waals surface area contributed by atoms with Crippen molar-refractivity contribution in [2.75, 3.05) is 54.1 Å². The molecule has 8 nitrogen and oxygen atoms in total. The molecule has 0 aliphatic rings. The highest BCUT2D eigenvalue weighted by Gasteiger charge is 2.20. The summed E-state index contributed by atoms with van der Waals surface area (Å²) in [5.41, 5.74) is 0. The van der Waals surface area contributed by atoms with E-state index in [9.17, 15) is 14.3 Å². The molecule has 0 aromatic carbocycles. The van der Waals surface area contributed by atoms with E-state index in [0.717, 1.165) is 77.0 Å². The third kappa shape index (κ3) is 42.8. The van der Waals surface area contributed by atoms with Crippen LogP contribution < -0.4 is 4.89 Å². The van der Waals surface area contributed by atoms with E-state index < -0.39 is 13.9 Å². The number of carbonyl (C=O) groups excluding carboxylic acids is 1. The lowest BCUT2D eigenvalue weighted by molar-refractivity contribution is -0.870. The average Bonchev–Trinajstić information content (AvgIpc) is 3.15. The lowest BCUT2D eigenvalue weighted by Crippen LogP contribution is -2.37. The van der Waals surface area contributed by atoms with Crippen LogP contribution in [-0.4, -0.2) is 70.7 Å². The Balaban J connectivity index is 4.36. The van der Waals surface area contributed by atoms with Crippen molar-refractivity contribution in [1.29, 1.82) is 0 Å². The molecule has 0 aliphatic heterocycles. The van der Waals surface area contributed by atoms with Gasteiger partial charge in [-0.3, -0.25) is 9.36 Å². The molecule has 0 radical (unpaired) electrons. The zero-order valence-electron chi connectivity index (χ0n) is 36.3. The highest BCUT2D eigenvalue weighted by Crippen LogP contribution is 2.38. The van der Waals surface area contributed by atoms with Crippen molar-refractivity contribution in [1.82, 2.24) is 0 Å². The van der Waals surface area contributed by atoms with Crippen LogP contribution in [0.15, 0.2) is 85.1 Å². The molecule has 0 aromatic rings. The molecular formula is C47H82NO7P. The fourth-order valence-corrected chi connectivity index (χ4v) is 6.04. The van der Waals surface area contributed by atoms with Crippen molar-refractivity contribution >= 4 is 13.8 Å². The third-order valence-corrected chi connectivity index (χ3v) is 9.64.